The van der Waals surface area contributed by atoms with Crippen LogP contribution in [0.4, 0.5) is 11.4 Å². The van der Waals surface area contributed by atoms with Gasteiger partial charge in [0.2, 0.25) is 5.91 Å². The summed E-state index contributed by atoms with van der Waals surface area (Å²) in [4.78, 5) is 39.1. The van der Waals surface area contributed by atoms with Gasteiger partial charge in [-0.3, -0.25) is 14.4 Å². The van der Waals surface area contributed by atoms with E-state index in [1.54, 1.807) is 55.6 Å². The van der Waals surface area contributed by atoms with E-state index in [0.29, 0.717) is 35.7 Å². The Labute approximate surface area is 188 Å². The Morgan fingerprint density at radius 2 is 1.62 bits per heavy atom. The molecule has 0 saturated carbocycles. The lowest BCUT2D eigenvalue weighted by Crippen LogP contribution is -2.35. The Morgan fingerprint density at radius 3 is 2.38 bits per heavy atom. The van der Waals surface area contributed by atoms with E-state index in [0.717, 1.165) is 32.4 Å². The van der Waals surface area contributed by atoms with Crippen LogP contribution < -0.4 is 16.0 Å². The molecule has 0 aromatic heterocycles. The first-order valence-electron chi connectivity index (χ1n) is 10.9. The van der Waals surface area contributed by atoms with Crippen molar-refractivity contribution in [2.45, 2.75) is 19.3 Å². The van der Waals surface area contributed by atoms with E-state index in [-0.39, 0.29) is 24.3 Å². The van der Waals surface area contributed by atoms with E-state index in [9.17, 15) is 14.4 Å². The van der Waals surface area contributed by atoms with Gasteiger partial charge >= 0.3 is 0 Å². The molecular formula is C24H30N4O4. The number of rotatable bonds is 9. The minimum Gasteiger partial charge on any atom is -0.383 e. The molecule has 3 amide bonds. The van der Waals surface area contributed by atoms with Gasteiger partial charge in [-0.1, -0.05) is 12.1 Å². The highest BCUT2D eigenvalue weighted by molar-refractivity contribution is 5.98. The number of carbonyl (C=O) groups excluding carboxylic acids is 3. The number of benzene rings is 2. The summed E-state index contributed by atoms with van der Waals surface area (Å²) in [6.45, 7) is 2.45. The van der Waals surface area contributed by atoms with E-state index < -0.39 is 0 Å². The van der Waals surface area contributed by atoms with Crippen molar-refractivity contribution in [1.29, 1.82) is 0 Å². The van der Waals surface area contributed by atoms with Gasteiger partial charge in [-0.2, -0.15) is 0 Å². The Bertz CT molecular complexity index is 941. The fourth-order valence-corrected chi connectivity index (χ4v) is 3.54. The monoisotopic (exact) mass is 438 g/mol. The number of amides is 3. The molecular weight excluding hydrogens is 408 g/mol. The third-order valence-electron chi connectivity index (χ3n) is 5.21. The average molecular weight is 439 g/mol. The Balaban J connectivity index is 1.52. The number of methoxy groups -OCH3 is 1. The van der Waals surface area contributed by atoms with Gasteiger partial charge < -0.3 is 25.6 Å². The maximum Gasteiger partial charge on any atom is 0.253 e. The van der Waals surface area contributed by atoms with Crippen molar-refractivity contribution in [2.75, 3.05) is 50.5 Å². The first kappa shape index (κ1) is 23.3. The summed E-state index contributed by atoms with van der Waals surface area (Å²) < 4.78 is 4.92. The molecule has 32 heavy (non-hydrogen) atoms. The Hall–Kier alpha value is -3.39. The van der Waals surface area contributed by atoms with Gasteiger partial charge in [-0.25, -0.2) is 0 Å². The molecule has 3 N–H and O–H groups in total. The number of piperidine rings is 1. The standard InChI is InChI=1S/C24H30N4O4/c1-32-14-11-25-23(30)18-7-5-9-20(15-18)26-17-22(29)27-21-10-6-8-19(16-21)24(31)28-12-3-2-4-13-28/h5-10,15-16,26H,2-4,11-14,17H2,1H3,(H,25,30)(H,27,29). The molecule has 0 atom stereocenters. The molecule has 1 fully saturated rings. The molecule has 1 saturated heterocycles. The van der Waals surface area contributed by atoms with Crippen molar-refractivity contribution in [1.82, 2.24) is 10.2 Å². The zero-order chi connectivity index (χ0) is 22.8. The van der Waals surface area contributed by atoms with Crippen LogP contribution in [0.1, 0.15) is 40.0 Å². The van der Waals surface area contributed by atoms with Crippen LogP contribution in [-0.4, -0.2) is 62.5 Å². The smallest absolute Gasteiger partial charge is 0.253 e. The molecule has 8 heteroatoms. The summed E-state index contributed by atoms with van der Waals surface area (Å²) in [6, 6.07) is 13.9. The number of likely N-dealkylation sites (tertiary alicyclic amines) is 1. The van der Waals surface area contributed by atoms with E-state index in [1.165, 1.54) is 0 Å². The highest BCUT2D eigenvalue weighted by Crippen LogP contribution is 2.17. The molecule has 2 aromatic carbocycles. The number of nitrogens with one attached hydrogen (secondary N) is 3. The molecule has 170 valence electrons. The summed E-state index contributed by atoms with van der Waals surface area (Å²) in [5, 5.41) is 8.60. The van der Waals surface area contributed by atoms with Crippen LogP contribution >= 0.6 is 0 Å². The zero-order valence-electron chi connectivity index (χ0n) is 18.4. The second kappa shape index (κ2) is 11.9. The van der Waals surface area contributed by atoms with Crippen molar-refractivity contribution in [3.63, 3.8) is 0 Å². The summed E-state index contributed by atoms with van der Waals surface area (Å²) in [5.41, 5.74) is 2.31. The van der Waals surface area contributed by atoms with E-state index in [4.69, 9.17) is 4.74 Å². The number of hydrogen-bond donors (Lipinski definition) is 3. The Morgan fingerprint density at radius 1 is 0.938 bits per heavy atom. The quantitative estimate of drug-likeness (QED) is 0.523. The molecule has 3 rings (SSSR count). The minimum absolute atomic E-state index is 0.000449. The maximum absolute atomic E-state index is 12.7. The highest BCUT2D eigenvalue weighted by Gasteiger charge is 2.18. The maximum atomic E-state index is 12.7. The molecule has 1 heterocycles. The number of hydrogen-bond acceptors (Lipinski definition) is 5. The predicted molar refractivity (Wildman–Crippen MR) is 124 cm³/mol. The summed E-state index contributed by atoms with van der Waals surface area (Å²) in [7, 11) is 1.57. The lowest BCUT2D eigenvalue weighted by Gasteiger charge is -2.26. The number of carbonyl (C=O) groups is 3. The topological polar surface area (TPSA) is 99.8 Å². The van der Waals surface area contributed by atoms with Gasteiger partial charge in [-0.15, -0.1) is 0 Å². The van der Waals surface area contributed by atoms with Gasteiger partial charge in [0.25, 0.3) is 11.8 Å². The molecule has 1 aliphatic heterocycles. The molecule has 0 radical (unpaired) electrons. The van der Waals surface area contributed by atoms with Crippen LogP contribution in [0.2, 0.25) is 0 Å². The van der Waals surface area contributed by atoms with Gasteiger partial charge in [0.15, 0.2) is 0 Å². The molecule has 0 bridgehead atoms. The fourth-order valence-electron chi connectivity index (χ4n) is 3.54. The molecule has 0 spiro atoms. The fraction of sp³-hybridized carbons (Fsp3) is 0.375. The molecule has 0 unspecified atom stereocenters. The van der Waals surface area contributed by atoms with Crippen LogP contribution in [0.5, 0.6) is 0 Å². The van der Waals surface area contributed by atoms with Crippen molar-refractivity contribution in [3.8, 4) is 0 Å². The Kier molecular flexibility index (Phi) is 8.62. The molecule has 1 aliphatic rings. The SMILES string of the molecule is COCCNC(=O)c1cccc(NCC(=O)Nc2cccc(C(=O)N3CCCCC3)c2)c1. The number of nitrogens with zero attached hydrogens (tertiary/aromatic N) is 1. The number of ether oxygens (including phenoxy) is 1. The normalized spacial score (nSPS) is 13.3. The minimum atomic E-state index is -0.248. The zero-order valence-corrected chi connectivity index (χ0v) is 18.4. The highest BCUT2D eigenvalue weighted by atomic mass is 16.5. The molecule has 2 aromatic rings. The van der Waals surface area contributed by atoms with Crippen molar-refractivity contribution in [3.05, 3.63) is 59.7 Å². The first-order chi connectivity index (χ1) is 15.6. The van der Waals surface area contributed by atoms with Gasteiger partial charge in [0.05, 0.1) is 13.2 Å². The number of anilines is 2. The molecule has 8 nitrogen and oxygen atoms in total. The summed E-state index contributed by atoms with van der Waals surface area (Å²) in [6.07, 6.45) is 3.22. The van der Waals surface area contributed by atoms with Crippen LogP contribution in [0.3, 0.4) is 0 Å². The predicted octanol–water partition coefficient (Wildman–Crippen LogP) is 2.74. The van der Waals surface area contributed by atoms with Crippen molar-refractivity contribution >= 4 is 29.1 Å². The summed E-state index contributed by atoms with van der Waals surface area (Å²) in [5.74, 6) is -0.452. The molecule has 0 aliphatic carbocycles. The van der Waals surface area contributed by atoms with Crippen molar-refractivity contribution < 1.29 is 19.1 Å². The lowest BCUT2D eigenvalue weighted by molar-refractivity contribution is -0.114. The third-order valence-corrected chi connectivity index (χ3v) is 5.21. The van der Waals surface area contributed by atoms with Crippen LogP contribution in [-0.2, 0) is 9.53 Å². The second-order valence-electron chi connectivity index (χ2n) is 7.66. The van der Waals surface area contributed by atoms with E-state index in [2.05, 4.69) is 16.0 Å². The van der Waals surface area contributed by atoms with E-state index in [1.807, 2.05) is 4.90 Å². The van der Waals surface area contributed by atoms with E-state index >= 15 is 0 Å². The van der Waals surface area contributed by atoms with Crippen molar-refractivity contribution in [2.24, 2.45) is 0 Å². The average Bonchev–Trinajstić information content (AvgIpc) is 2.83. The van der Waals surface area contributed by atoms with Crippen LogP contribution in [0, 0.1) is 0 Å². The lowest BCUT2D eigenvalue weighted by atomic mass is 10.1. The van der Waals surface area contributed by atoms with Crippen LogP contribution in [0.25, 0.3) is 0 Å². The third kappa shape index (κ3) is 6.81. The summed E-state index contributed by atoms with van der Waals surface area (Å²) >= 11 is 0. The largest absolute Gasteiger partial charge is 0.383 e. The van der Waals surface area contributed by atoms with Gasteiger partial charge in [0.1, 0.15) is 0 Å². The second-order valence-corrected chi connectivity index (χ2v) is 7.66. The van der Waals surface area contributed by atoms with Gasteiger partial charge in [0, 0.05) is 49.2 Å². The van der Waals surface area contributed by atoms with Crippen LogP contribution in [0.15, 0.2) is 48.5 Å². The first-order valence-corrected chi connectivity index (χ1v) is 10.9. The van der Waals surface area contributed by atoms with Gasteiger partial charge in [-0.05, 0) is 55.7 Å².